The maximum atomic E-state index is 11.4. The first-order valence-corrected chi connectivity index (χ1v) is 6.85. The fraction of sp³-hybridized carbons (Fsp3) is 0.846. The topological polar surface area (TPSA) is 43.9 Å². The van der Waals surface area contributed by atoms with Crippen LogP contribution in [0.3, 0.4) is 0 Å². The van der Waals surface area contributed by atoms with Gasteiger partial charge in [-0.3, -0.25) is 9.59 Å². The second-order valence-corrected chi connectivity index (χ2v) is 5.38. The number of hydrogen-bond donors (Lipinski definition) is 0. The lowest BCUT2D eigenvalue weighted by atomic mass is 10.2. The molecule has 2 saturated heterocycles. The van der Waals surface area contributed by atoms with E-state index < -0.39 is 0 Å². The summed E-state index contributed by atoms with van der Waals surface area (Å²) in [5.41, 5.74) is 0. The van der Waals surface area contributed by atoms with Crippen molar-refractivity contribution in [3.8, 4) is 0 Å². The molecule has 2 heterocycles. The molecule has 0 aromatic heterocycles. The molecule has 0 unspecified atom stereocenters. The molecular formula is C13H23N3O2. The average Bonchev–Trinajstić information content (AvgIpc) is 2.66. The average molecular weight is 253 g/mol. The van der Waals surface area contributed by atoms with Crippen LogP contribution in [0.4, 0.5) is 0 Å². The Morgan fingerprint density at radius 1 is 1.00 bits per heavy atom. The standard InChI is InChI=1S/C13H23N3O2/c1-14-6-8-15(9-7-14)4-2-3-5-16-11-12(17)10-13(16)18/h2-11H2,1H3. The molecule has 0 aromatic rings. The highest BCUT2D eigenvalue weighted by atomic mass is 16.2. The van der Waals surface area contributed by atoms with Crippen LogP contribution in [0.5, 0.6) is 0 Å². The van der Waals surface area contributed by atoms with Gasteiger partial charge in [0.25, 0.3) is 0 Å². The first-order valence-electron chi connectivity index (χ1n) is 6.85. The van der Waals surface area contributed by atoms with Crippen LogP contribution in [-0.4, -0.2) is 79.3 Å². The van der Waals surface area contributed by atoms with Crippen molar-refractivity contribution in [1.82, 2.24) is 14.7 Å². The van der Waals surface area contributed by atoms with Crippen LogP contribution in [0.15, 0.2) is 0 Å². The molecule has 0 N–H and O–H groups in total. The van der Waals surface area contributed by atoms with Gasteiger partial charge in [-0.05, 0) is 26.4 Å². The van der Waals surface area contributed by atoms with Crippen LogP contribution in [0, 0.1) is 0 Å². The van der Waals surface area contributed by atoms with Crippen molar-refractivity contribution in [1.29, 1.82) is 0 Å². The summed E-state index contributed by atoms with van der Waals surface area (Å²) in [6, 6.07) is 0. The summed E-state index contributed by atoms with van der Waals surface area (Å²) in [6.45, 7) is 6.81. The molecule has 2 rings (SSSR count). The van der Waals surface area contributed by atoms with Crippen LogP contribution in [0.2, 0.25) is 0 Å². The summed E-state index contributed by atoms with van der Waals surface area (Å²) in [6.07, 6.45) is 2.24. The van der Waals surface area contributed by atoms with Crippen LogP contribution in [-0.2, 0) is 9.59 Å². The number of amides is 1. The minimum absolute atomic E-state index is 0.0135. The Morgan fingerprint density at radius 2 is 1.67 bits per heavy atom. The second kappa shape index (κ2) is 6.29. The maximum Gasteiger partial charge on any atom is 0.230 e. The Hall–Kier alpha value is -0.940. The van der Waals surface area contributed by atoms with Crippen LogP contribution in [0.1, 0.15) is 19.3 Å². The van der Waals surface area contributed by atoms with Gasteiger partial charge in [-0.2, -0.15) is 0 Å². The summed E-state index contributed by atoms with van der Waals surface area (Å²) < 4.78 is 0. The largest absolute Gasteiger partial charge is 0.335 e. The van der Waals surface area contributed by atoms with Gasteiger partial charge in [-0.15, -0.1) is 0 Å². The van der Waals surface area contributed by atoms with E-state index in [0.29, 0.717) is 6.54 Å². The van der Waals surface area contributed by atoms with Gasteiger partial charge in [-0.25, -0.2) is 0 Å². The molecule has 0 aliphatic carbocycles. The molecule has 1 amide bonds. The fourth-order valence-electron chi connectivity index (χ4n) is 2.55. The maximum absolute atomic E-state index is 11.4. The number of rotatable bonds is 5. The SMILES string of the molecule is CN1CCN(CCCCN2CC(=O)CC2=O)CC1. The van der Waals surface area contributed by atoms with Crippen molar-refractivity contribution in [3.63, 3.8) is 0 Å². The minimum atomic E-state index is 0.0135. The highest BCUT2D eigenvalue weighted by molar-refractivity contribution is 6.05. The molecule has 0 spiro atoms. The molecule has 0 aromatic carbocycles. The Kier molecular flexibility index (Phi) is 4.72. The monoisotopic (exact) mass is 253 g/mol. The van der Waals surface area contributed by atoms with E-state index in [0.717, 1.165) is 52.1 Å². The molecule has 2 fully saturated rings. The Morgan fingerprint density at radius 3 is 2.28 bits per heavy atom. The molecule has 2 aliphatic heterocycles. The van der Waals surface area contributed by atoms with Crippen LogP contribution in [0.25, 0.3) is 0 Å². The number of likely N-dealkylation sites (tertiary alicyclic amines) is 1. The molecule has 5 heteroatoms. The smallest absolute Gasteiger partial charge is 0.230 e. The number of hydrogen-bond acceptors (Lipinski definition) is 4. The summed E-state index contributed by atoms with van der Waals surface area (Å²) in [4.78, 5) is 29.0. The molecule has 18 heavy (non-hydrogen) atoms. The Labute approximate surface area is 109 Å². The van der Waals surface area contributed by atoms with Crippen molar-refractivity contribution in [2.75, 3.05) is 52.9 Å². The van der Waals surface area contributed by atoms with E-state index in [4.69, 9.17) is 0 Å². The lowest BCUT2D eigenvalue weighted by Crippen LogP contribution is -2.44. The predicted octanol–water partition coefficient (Wildman–Crippen LogP) is -0.185. The molecule has 102 valence electrons. The number of nitrogens with zero attached hydrogens (tertiary/aromatic N) is 3. The third-order valence-corrected chi connectivity index (χ3v) is 3.82. The van der Waals surface area contributed by atoms with Crippen LogP contribution >= 0.6 is 0 Å². The number of carbonyl (C=O) groups excluding carboxylic acids is 2. The Balaban J connectivity index is 1.56. The van der Waals surface area contributed by atoms with E-state index in [1.807, 2.05) is 0 Å². The molecule has 0 atom stereocenters. The minimum Gasteiger partial charge on any atom is -0.335 e. The second-order valence-electron chi connectivity index (χ2n) is 5.38. The normalized spacial score (nSPS) is 23.1. The molecule has 0 radical (unpaired) electrons. The third kappa shape index (κ3) is 3.78. The first kappa shape index (κ1) is 13.5. The van der Waals surface area contributed by atoms with E-state index in [-0.39, 0.29) is 18.1 Å². The van der Waals surface area contributed by atoms with Gasteiger partial charge in [-0.1, -0.05) is 0 Å². The molecular weight excluding hydrogens is 230 g/mol. The highest BCUT2D eigenvalue weighted by Crippen LogP contribution is 2.08. The lowest BCUT2D eigenvalue weighted by molar-refractivity contribution is -0.127. The summed E-state index contributed by atoms with van der Waals surface area (Å²) in [5.74, 6) is 0.0821. The quantitative estimate of drug-likeness (QED) is 0.503. The first-order chi connectivity index (χ1) is 8.65. The van der Waals surface area contributed by atoms with Gasteiger partial charge in [0, 0.05) is 32.7 Å². The van der Waals surface area contributed by atoms with Gasteiger partial charge >= 0.3 is 0 Å². The van der Waals surface area contributed by atoms with Crippen molar-refractivity contribution in [2.24, 2.45) is 0 Å². The number of Topliss-reactive ketones (excluding diaryl/α,β-unsaturated/α-hetero) is 1. The van der Waals surface area contributed by atoms with Gasteiger partial charge < -0.3 is 14.7 Å². The number of likely N-dealkylation sites (N-methyl/N-ethyl adjacent to an activating group) is 1. The number of carbonyl (C=O) groups is 2. The third-order valence-electron chi connectivity index (χ3n) is 3.82. The van der Waals surface area contributed by atoms with Crippen molar-refractivity contribution < 1.29 is 9.59 Å². The molecule has 0 saturated carbocycles. The van der Waals surface area contributed by atoms with Gasteiger partial charge in [0.05, 0.1) is 13.0 Å². The molecule has 5 nitrogen and oxygen atoms in total. The Bertz CT molecular complexity index is 311. The summed E-state index contributed by atoms with van der Waals surface area (Å²) in [7, 11) is 2.16. The molecule has 0 bridgehead atoms. The van der Waals surface area contributed by atoms with E-state index in [9.17, 15) is 9.59 Å². The van der Waals surface area contributed by atoms with Gasteiger partial charge in [0.2, 0.25) is 5.91 Å². The van der Waals surface area contributed by atoms with Gasteiger partial charge in [0.15, 0.2) is 5.78 Å². The summed E-state index contributed by atoms with van der Waals surface area (Å²) in [5, 5.41) is 0. The van der Waals surface area contributed by atoms with Crippen molar-refractivity contribution in [3.05, 3.63) is 0 Å². The summed E-state index contributed by atoms with van der Waals surface area (Å²) >= 11 is 0. The number of piperazine rings is 1. The van der Waals surface area contributed by atoms with E-state index in [1.54, 1.807) is 4.90 Å². The van der Waals surface area contributed by atoms with Crippen LogP contribution < -0.4 is 0 Å². The number of unbranched alkanes of at least 4 members (excludes halogenated alkanes) is 1. The predicted molar refractivity (Wildman–Crippen MR) is 69.4 cm³/mol. The molecule has 2 aliphatic rings. The fourth-order valence-corrected chi connectivity index (χ4v) is 2.55. The number of ketones is 1. The van der Waals surface area contributed by atoms with Gasteiger partial charge in [0.1, 0.15) is 0 Å². The zero-order chi connectivity index (χ0) is 13.0. The van der Waals surface area contributed by atoms with E-state index in [2.05, 4.69) is 16.8 Å². The van der Waals surface area contributed by atoms with Crippen molar-refractivity contribution in [2.45, 2.75) is 19.3 Å². The lowest BCUT2D eigenvalue weighted by Gasteiger charge is -2.32. The zero-order valence-corrected chi connectivity index (χ0v) is 11.2. The zero-order valence-electron chi connectivity index (χ0n) is 11.2. The highest BCUT2D eigenvalue weighted by Gasteiger charge is 2.26. The van der Waals surface area contributed by atoms with E-state index in [1.165, 1.54) is 0 Å². The van der Waals surface area contributed by atoms with Crippen molar-refractivity contribution >= 4 is 11.7 Å². The van der Waals surface area contributed by atoms with E-state index >= 15 is 0 Å².